The number of rotatable bonds is 4. The fraction of sp³-hybridized carbons (Fsp3) is 0.200. The molecule has 162 valence electrons. The molecule has 0 radical (unpaired) electrons. The van der Waals surface area contributed by atoms with E-state index < -0.39 is 17.7 Å². The number of amides is 1. The van der Waals surface area contributed by atoms with Gasteiger partial charge in [0.2, 0.25) is 0 Å². The van der Waals surface area contributed by atoms with Gasteiger partial charge in [-0.05, 0) is 48.2 Å². The van der Waals surface area contributed by atoms with Gasteiger partial charge < -0.3 is 5.11 Å². The molecule has 2 aromatic carbocycles. The lowest BCUT2D eigenvalue weighted by atomic mass is 9.94. The van der Waals surface area contributed by atoms with Crippen LogP contribution in [0.5, 0.6) is 0 Å². The van der Waals surface area contributed by atoms with Crippen molar-refractivity contribution in [3.8, 4) is 0 Å². The number of aromatic nitrogens is 2. The van der Waals surface area contributed by atoms with E-state index in [0.29, 0.717) is 22.7 Å². The van der Waals surface area contributed by atoms with Gasteiger partial charge in [-0.15, -0.1) is 5.10 Å². The van der Waals surface area contributed by atoms with Crippen LogP contribution in [0.25, 0.3) is 5.76 Å². The molecule has 6 nitrogen and oxygen atoms in total. The first-order chi connectivity index (χ1) is 15.3. The smallest absolute Gasteiger partial charge is 0.301 e. The number of carbonyl (C=O) groups excluding carboxylic acids is 2. The lowest BCUT2D eigenvalue weighted by Crippen LogP contribution is -2.30. The van der Waals surface area contributed by atoms with Crippen LogP contribution in [0.3, 0.4) is 0 Å². The third kappa shape index (κ3) is 3.96. The zero-order chi connectivity index (χ0) is 23.0. The Morgan fingerprint density at radius 2 is 1.62 bits per heavy atom. The number of benzene rings is 2. The molecule has 1 aromatic heterocycles. The average Bonchev–Trinajstić information content (AvgIpc) is 3.05. The zero-order valence-corrected chi connectivity index (χ0v) is 19.5. The van der Waals surface area contributed by atoms with Gasteiger partial charge in [-0.1, -0.05) is 66.2 Å². The monoisotopic (exact) mass is 491 g/mol. The topological polar surface area (TPSA) is 83.4 Å². The Morgan fingerprint density at radius 3 is 2.19 bits per heavy atom. The normalized spacial score (nSPS) is 17.9. The minimum absolute atomic E-state index is 0.0250. The first-order valence-electron chi connectivity index (χ1n) is 10.2. The summed E-state index contributed by atoms with van der Waals surface area (Å²) in [4.78, 5) is 27.5. The van der Waals surface area contributed by atoms with Gasteiger partial charge in [-0.2, -0.15) is 5.10 Å². The van der Waals surface area contributed by atoms with Gasteiger partial charge in [-0.3, -0.25) is 14.5 Å². The highest BCUT2D eigenvalue weighted by atomic mass is 79.9. The second-order valence-corrected chi connectivity index (χ2v) is 8.95. The number of hydrogen-bond donors (Lipinski definition) is 1. The predicted molar refractivity (Wildman–Crippen MR) is 126 cm³/mol. The lowest BCUT2D eigenvalue weighted by Gasteiger charge is -2.24. The Balaban J connectivity index is 1.90. The maximum atomic E-state index is 13.1. The van der Waals surface area contributed by atoms with Crippen LogP contribution >= 0.6 is 15.9 Å². The number of ketones is 1. The minimum atomic E-state index is -0.829. The van der Waals surface area contributed by atoms with Crippen molar-refractivity contribution in [1.82, 2.24) is 10.2 Å². The molecule has 1 aliphatic rings. The highest BCUT2D eigenvalue weighted by molar-refractivity contribution is 9.10. The predicted octanol–water partition coefficient (Wildman–Crippen LogP) is 5.30. The molecule has 1 aliphatic heterocycles. The standard InChI is InChI=1S/C25H22BrN3O3/c1-14(2)16-5-7-18(8-6-16)23(30)21-22(17-9-11-19(26)12-10-17)29(25(32)24(21)31)20-13-4-15(3)27-28-20/h4-14,22,30H,1-3H3/b23-21-. The van der Waals surface area contributed by atoms with Crippen LogP contribution in [0.1, 0.15) is 48.2 Å². The van der Waals surface area contributed by atoms with Crippen molar-refractivity contribution in [1.29, 1.82) is 0 Å². The van der Waals surface area contributed by atoms with E-state index in [4.69, 9.17) is 0 Å². The highest BCUT2D eigenvalue weighted by Crippen LogP contribution is 2.41. The number of hydrogen-bond acceptors (Lipinski definition) is 5. The Morgan fingerprint density at radius 1 is 0.969 bits per heavy atom. The molecule has 1 N–H and O–H groups in total. The molecular weight excluding hydrogens is 470 g/mol. The van der Waals surface area contributed by atoms with Crippen LogP contribution in [-0.2, 0) is 9.59 Å². The van der Waals surface area contributed by atoms with Crippen LogP contribution in [0, 0.1) is 6.92 Å². The number of aliphatic hydroxyl groups excluding tert-OH is 1. The maximum absolute atomic E-state index is 13.1. The summed E-state index contributed by atoms with van der Waals surface area (Å²) in [7, 11) is 0. The van der Waals surface area contributed by atoms with E-state index in [1.54, 1.807) is 31.2 Å². The van der Waals surface area contributed by atoms with Gasteiger partial charge in [0.1, 0.15) is 5.76 Å². The molecule has 0 spiro atoms. The molecule has 1 atom stereocenters. The highest BCUT2D eigenvalue weighted by Gasteiger charge is 2.47. The van der Waals surface area contributed by atoms with Crippen molar-refractivity contribution in [2.45, 2.75) is 32.7 Å². The second-order valence-electron chi connectivity index (χ2n) is 8.03. The molecule has 0 saturated carbocycles. The molecule has 32 heavy (non-hydrogen) atoms. The molecule has 1 amide bonds. The summed E-state index contributed by atoms with van der Waals surface area (Å²) in [5.74, 6) is -1.14. The molecule has 7 heteroatoms. The number of halogens is 1. The van der Waals surface area contributed by atoms with E-state index in [9.17, 15) is 14.7 Å². The number of nitrogens with zero attached hydrogens (tertiary/aromatic N) is 3. The van der Waals surface area contributed by atoms with Crippen LogP contribution in [0.4, 0.5) is 5.82 Å². The van der Waals surface area contributed by atoms with Crippen molar-refractivity contribution < 1.29 is 14.7 Å². The van der Waals surface area contributed by atoms with Crippen LogP contribution in [-0.4, -0.2) is 27.0 Å². The third-order valence-corrected chi connectivity index (χ3v) is 6.04. The van der Waals surface area contributed by atoms with Crippen molar-refractivity contribution >= 4 is 39.2 Å². The summed E-state index contributed by atoms with van der Waals surface area (Å²) < 4.78 is 0.859. The first kappa shape index (κ1) is 21.9. The van der Waals surface area contributed by atoms with Gasteiger partial charge in [0.15, 0.2) is 5.82 Å². The third-order valence-electron chi connectivity index (χ3n) is 5.51. The van der Waals surface area contributed by atoms with Gasteiger partial charge in [0, 0.05) is 10.0 Å². The van der Waals surface area contributed by atoms with E-state index >= 15 is 0 Å². The van der Waals surface area contributed by atoms with Gasteiger partial charge in [0.25, 0.3) is 5.78 Å². The van der Waals surface area contributed by atoms with Crippen LogP contribution < -0.4 is 4.90 Å². The maximum Gasteiger partial charge on any atom is 0.301 e. The fourth-order valence-electron chi connectivity index (χ4n) is 3.73. The van der Waals surface area contributed by atoms with Crippen molar-refractivity contribution in [2.75, 3.05) is 4.90 Å². The fourth-order valence-corrected chi connectivity index (χ4v) is 4.00. The van der Waals surface area contributed by atoms with Crippen molar-refractivity contribution in [3.63, 3.8) is 0 Å². The summed E-state index contributed by atoms with van der Waals surface area (Å²) in [5, 5.41) is 19.3. The SMILES string of the molecule is Cc1ccc(N2C(=O)C(=O)/C(=C(\O)c3ccc(C(C)C)cc3)C2c2ccc(Br)cc2)nn1. The zero-order valence-electron chi connectivity index (χ0n) is 17.9. The molecule has 1 saturated heterocycles. The lowest BCUT2D eigenvalue weighted by molar-refractivity contribution is -0.132. The van der Waals surface area contributed by atoms with E-state index in [-0.39, 0.29) is 17.2 Å². The first-order valence-corrected chi connectivity index (χ1v) is 11.0. The van der Waals surface area contributed by atoms with E-state index in [2.05, 4.69) is 40.0 Å². The number of aryl methyl sites for hydroxylation is 1. The molecular formula is C25H22BrN3O3. The van der Waals surface area contributed by atoms with Gasteiger partial charge in [-0.25, -0.2) is 0 Å². The molecule has 4 rings (SSSR count). The number of anilines is 1. The Hall–Kier alpha value is -3.32. The molecule has 1 fully saturated rings. The quantitative estimate of drug-likeness (QED) is 0.304. The Labute approximate surface area is 194 Å². The molecule has 3 aromatic rings. The summed E-state index contributed by atoms with van der Waals surface area (Å²) in [6.45, 7) is 5.95. The number of Topliss-reactive ketones (excluding diaryl/α,β-unsaturated/α-hetero) is 1. The summed E-state index contributed by atoms with van der Waals surface area (Å²) in [6, 6.07) is 17.2. The van der Waals surface area contributed by atoms with Crippen molar-refractivity contribution in [2.24, 2.45) is 0 Å². The van der Waals surface area contributed by atoms with Crippen molar-refractivity contribution in [3.05, 3.63) is 93.1 Å². The number of carbonyl (C=O) groups is 2. The molecule has 0 aliphatic carbocycles. The average molecular weight is 492 g/mol. The van der Waals surface area contributed by atoms with Gasteiger partial charge in [0.05, 0.1) is 17.3 Å². The van der Waals surface area contributed by atoms with Gasteiger partial charge >= 0.3 is 5.91 Å². The second kappa shape index (κ2) is 8.67. The molecule has 0 bridgehead atoms. The van der Waals surface area contributed by atoms with Crippen LogP contribution in [0.2, 0.25) is 0 Å². The largest absolute Gasteiger partial charge is 0.507 e. The Kier molecular flexibility index (Phi) is 5.93. The minimum Gasteiger partial charge on any atom is -0.507 e. The summed E-state index contributed by atoms with van der Waals surface area (Å²) in [6.07, 6.45) is 0. The summed E-state index contributed by atoms with van der Waals surface area (Å²) in [5.41, 5.74) is 2.98. The molecule has 1 unspecified atom stereocenters. The summed E-state index contributed by atoms with van der Waals surface area (Å²) >= 11 is 3.41. The van der Waals surface area contributed by atoms with Crippen LogP contribution in [0.15, 0.2) is 70.7 Å². The Bertz CT molecular complexity index is 1200. The van der Waals surface area contributed by atoms with E-state index in [0.717, 1.165) is 10.0 Å². The number of aliphatic hydroxyl groups is 1. The molecule has 2 heterocycles. The van der Waals surface area contributed by atoms with E-state index in [1.165, 1.54) is 4.90 Å². The van der Waals surface area contributed by atoms with E-state index in [1.807, 2.05) is 36.4 Å².